The third-order valence-electron chi connectivity index (χ3n) is 1.98. The molecule has 0 aliphatic carbocycles. The van der Waals surface area contributed by atoms with Crippen molar-refractivity contribution in [2.24, 2.45) is 0 Å². The summed E-state index contributed by atoms with van der Waals surface area (Å²) in [4.78, 5) is 10.7. The fourth-order valence-corrected chi connectivity index (χ4v) is 1.08. The number of hydrogen-bond donors (Lipinski definition) is 2. The highest BCUT2D eigenvalue weighted by molar-refractivity contribution is 5.86. The van der Waals surface area contributed by atoms with E-state index in [1.165, 1.54) is 10.7 Å². The van der Waals surface area contributed by atoms with Gasteiger partial charge in [0.1, 0.15) is 11.5 Å². The molecule has 1 rings (SSSR count). The molecule has 3 N–H and O–H groups in total. The molecule has 0 spiro atoms. The van der Waals surface area contributed by atoms with Crippen LogP contribution >= 0.6 is 0 Å². The number of rotatable bonds is 3. The Kier molecular flexibility index (Phi) is 2.55. The van der Waals surface area contributed by atoms with E-state index in [2.05, 4.69) is 5.10 Å². The van der Waals surface area contributed by atoms with Gasteiger partial charge >= 0.3 is 5.97 Å². The molecule has 1 aromatic rings. The molecule has 0 saturated carbocycles. The first-order chi connectivity index (χ1) is 6.06. The molecule has 1 atom stereocenters. The fourth-order valence-electron chi connectivity index (χ4n) is 1.08. The van der Waals surface area contributed by atoms with Crippen LogP contribution in [0.5, 0.6) is 0 Å². The molecule has 0 aliphatic heterocycles. The minimum Gasteiger partial charge on any atom is -0.477 e. The van der Waals surface area contributed by atoms with Crippen molar-refractivity contribution in [1.82, 2.24) is 9.78 Å². The fraction of sp³-hybridized carbons (Fsp3) is 0.500. The lowest BCUT2D eigenvalue weighted by molar-refractivity contribution is 0.0680. The van der Waals surface area contributed by atoms with E-state index in [1.807, 2.05) is 13.8 Å². The average Bonchev–Trinajstić information content (AvgIpc) is 2.46. The topological polar surface area (TPSA) is 81.1 Å². The Labute approximate surface area is 76.2 Å². The van der Waals surface area contributed by atoms with Gasteiger partial charge in [-0.05, 0) is 13.3 Å². The van der Waals surface area contributed by atoms with Crippen molar-refractivity contribution >= 4 is 11.8 Å². The first-order valence-corrected chi connectivity index (χ1v) is 4.14. The van der Waals surface area contributed by atoms with Gasteiger partial charge in [0.2, 0.25) is 0 Å². The summed E-state index contributed by atoms with van der Waals surface area (Å²) < 4.78 is 1.44. The molecule has 5 heteroatoms. The van der Waals surface area contributed by atoms with Crippen molar-refractivity contribution in [3.63, 3.8) is 0 Å². The zero-order valence-corrected chi connectivity index (χ0v) is 7.69. The van der Waals surface area contributed by atoms with Crippen molar-refractivity contribution < 1.29 is 9.90 Å². The lowest BCUT2D eigenvalue weighted by atomic mass is 10.2. The standard InChI is InChI=1S/C8H13N3O2/c1-3-5(2)11-6(8(12)13)4-7(9)10-11/h4-5H,3H2,1-2H3,(H2,9,10)(H,12,13). The number of hydrogen-bond acceptors (Lipinski definition) is 3. The lowest BCUT2D eigenvalue weighted by Gasteiger charge is -2.10. The van der Waals surface area contributed by atoms with E-state index in [9.17, 15) is 4.79 Å². The Bertz CT molecular complexity index is 319. The van der Waals surface area contributed by atoms with E-state index >= 15 is 0 Å². The van der Waals surface area contributed by atoms with Gasteiger partial charge in [-0.3, -0.25) is 4.68 Å². The average molecular weight is 183 g/mol. The van der Waals surface area contributed by atoms with Crippen LogP contribution in [-0.4, -0.2) is 20.9 Å². The maximum absolute atomic E-state index is 10.7. The van der Waals surface area contributed by atoms with Gasteiger partial charge in [-0.25, -0.2) is 4.79 Å². The van der Waals surface area contributed by atoms with Crippen molar-refractivity contribution in [1.29, 1.82) is 0 Å². The van der Waals surface area contributed by atoms with Gasteiger partial charge in [0.25, 0.3) is 0 Å². The van der Waals surface area contributed by atoms with Crippen LogP contribution in [-0.2, 0) is 0 Å². The van der Waals surface area contributed by atoms with E-state index in [1.54, 1.807) is 0 Å². The summed E-state index contributed by atoms with van der Waals surface area (Å²) in [5.74, 6) is -0.748. The molecular formula is C8H13N3O2. The number of carboxylic acid groups (broad SMARTS) is 1. The molecule has 1 unspecified atom stereocenters. The Morgan fingerprint density at radius 3 is 2.92 bits per heavy atom. The molecule has 0 bridgehead atoms. The number of aromatic carboxylic acids is 1. The largest absolute Gasteiger partial charge is 0.477 e. The summed E-state index contributed by atoms with van der Waals surface area (Å²) in [7, 11) is 0. The number of nitrogens with zero attached hydrogens (tertiary/aromatic N) is 2. The molecule has 13 heavy (non-hydrogen) atoms. The SMILES string of the molecule is CCC(C)n1nc(N)cc1C(=O)O. The quantitative estimate of drug-likeness (QED) is 0.736. The molecule has 0 aliphatic rings. The molecular weight excluding hydrogens is 170 g/mol. The monoisotopic (exact) mass is 183 g/mol. The number of aromatic nitrogens is 2. The van der Waals surface area contributed by atoms with E-state index < -0.39 is 5.97 Å². The maximum atomic E-state index is 10.7. The number of nitrogens with two attached hydrogens (primary N) is 1. The van der Waals surface area contributed by atoms with Gasteiger partial charge in [-0.15, -0.1) is 0 Å². The Hall–Kier alpha value is -1.52. The van der Waals surface area contributed by atoms with Crippen LogP contribution in [0.15, 0.2) is 6.07 Å². The van der Waals surface area contributed by atoms with E-state index in [0.29, 0.717) is 0 Å². The molecule has 5 nitrogen and oxygen atoms in total. The first kappa shape index (κ1) is 9.57. The number of anilines is 1. The van der Waals surface area contributed by atoms with Crippen LogP contribution in [0.2, 0.25) is 0 Å². The smallest absolute Gasteiger partial charge is 0.354 e. The van der Waals surface area contributed by atoms with Crippen LogP contribution in [0, 0.1) is 0 Å². The second-order valence-electron chi connectivity index (χ2n) is 2.96. The molecule has 72 valence electrons. The Morgan fingerprint density at radius 2 is 2.46 bits per heavy atom. The molecule has 1 aromatic heterocycles. The van der Waals surface area contributed by atoms with Crippen LogP contribution in [0.1, 0.15) is 36.8 Å². The summed E-state index contributed by atoms with van der Waals surface area (Å²) in [5, 5.41) is 12.7. The van der Waals surface area contributed by atoms with Crippen molar-refractivity contribution in [3.8, 4) is 0 Å². The van der Waals surface area contributed by atoms with Crippen molar-refractivity contribution in [3.05, 3.63) is 11.8 Å². The zero-order chi connectivity index (χ0) is 10.0. The van der Waals surface area contributed by atoms with Crippen LogP contribution < -0.4 is 5.73 Å². The second kappa shape index (κ2) is 3.47. The van der Waals surface area contributed by atoms with Crippen molar-refractivity contribution in [2.45, 2.75) is 26.3 Å². The molecule has 0 fully saturated rings. The van der Waals surface area contributed by atoms with Crippen LogP contribution in [0.4, 0.5) is 5.82 Å². The van der Waals surface area contributed by atoms with Crippen molar-refractivity contribution in [2.75, 3.05) is 5.73 Å². The third kappa shape index (κ3) is 1.80. The zero-order valence-electron chi connectivity index (χ0n) is 7.69. The maximum Gasteiger partial charge on any atom is 0.354 e. The summed E-state index contributed by atoms with van der Waals surface area (Å²) >= 11 is 0. The summed E-state index contributed by atoms with van der Waals surface area (Å²) in [6.45, 7) is 3.87. The Morgan fingerprint density at radius 1 is 1.85 bits per heavy atom. The third-order valence-corrected chi connectivity index (χ3v) is 1.98. The lowest BCUT2D eigenvalue weighted by Crippen LogP contribution is -2.13. The highest BCUT2D eigenvalue weighted by Gasteiger charge is 2.15. The highest BCUT2D eigenvalue weighted by atomic mass is 16.4. The summed E-state index contributed by atoms with van der Waals surface area (Å²) in [6, 6.07) is 1.43. The molecule has 0 amide bonds. The highest BCUT2D eigenvalue weighted by Crippen LogP contribution is 2.15. The minimum absolute atomic E-state index is 0.0587. The summed E-state index contributed by atoms with van der Waals surface area (Å²) in [6.07, 6.45) is 0.821. The normalized spacial score (nSPS) is 12.8. The Balaban J connectivity index is 3.11. The molecule has 0 aromatic carbocycles. The molecule has 0 saturated heterocycles. The second-order valence-corrected chi connectivity index (χ2v) is 2.96. The number of nitrogen functional groups attached to an aromatic ring is 1. The van der Waals surface area contributed by atoms with Gasteiger partial charge < -0.3 is 10.8 Å². The van der Waals surface area contributed by atoms with E-state index in [-0.39, 0.29) is 17.6 Å². The predicted octanol–water partition coefficient (Wildman–Crippen LogP) is 1.13. The number of carbonyl (C=O) groups is 1. The predicted molar refractivity (Wildman–Crippen MR) is 48.6 cm³/mol. The minimum atomic E-state index is -0.996. The number of carboxylic acids is 1. The van der Waals surface area contributed by atoms with Crippen LogP contribution in [0.3, 0.4) is 0 Å². The van der Waals surface area contributed by atoms with Gasteiger partial charge in [-0.2, -0.15) is 5.10 Å². The van der Waals surface area contributed by atoms with E-state index in [0.717, 1.165) is 6.42 Å². The van der Waals surface area contributed by atoms with Gasteiger partial charge in [0.15, 0.2) is 0 Å². The first-order valence-electron chi connectivity index (χ1n) is 4.14. The van der Waals surface area contributed by atoms with Gasteiger partial charge in [0, 0.05) is 12.1 Å². The van der Waals surface area contributed by atoms with E-state index in [4.69, 9.17) is 10.8 Å². The van der Waals surface area contributed by atoms with Crippen LogP contribution in [0.25, 0.3) is 0 Å². The molecule has 0 radical (unpaired) electrons. The summed E-state index contributed by atoms with van der Waals surface area (Å²) in [5.41, 5.74) is 5.56. The molecule has 1 heterocycles. The van der Waals surface area contributed by atoms with Gasteiger partial charge in [0.05, 0.1) is 0 Å². The van der Waals surface area contributed by atoms with Gasteiger partial charge in [-0.1, -0.05) is 6.92 Å².